The minimum Gasteiger partial charge on any atom is -0.507 e. The summed E-state index contributed by atoms with van der Waals surface area (Å²) in [6.07, 6.45) is 1.51. The molecule has 1 aromatic heterocycles. The second-order valence-electron chi connectivity index (χ2n) is 4.48. The van der Waals surface area contributed by atoms with E-state index in [0.29, 0.717) is 15.7 Å². The zero-order valence-corrected chi connectivity index (χ0v) is 12.8. The van der Waals surface area contributed by atoms with E-state index in [-0.39, 0.29) is 11.6 Å². The Balaban J connectivity index is 1.83. The topological polar surface area (TPSA) is 45.5 Å². The summed E-state index contributed by atoms with van der Waals surface area (Å²) in [5.74, 6) is -0.183. The summed E-state index contributed by atoms with van der Waals surface area (Å²) in [6, 6.07) is 10.8. The van der Waals surface area contributed by atoms with Crippen LogP contribution < -0.4 is 0 Å². The van der Waals surface area contributed by atoms with E-state index in [4.69, 9.17) is 11.6 Å². The highest BCUT2D eigenvalue weighted by Gasteiger charge is 2.04. The fourth-order valence-electron chi connectivity index (χ4n) is 1.83. The number of nitrogens with zero attached hydrogens (tertiary/aromatic N) is 2. The number of rotatable bonds is 3. The third kappa shape index (κ3) is 3.32. The molecule has 0 amide bonds. The summed E-state index contributed by atoms with van der Waals surface area (Å²) in [5.41, 5.74) is 2.07. The van der Waals surface area contributed by atoms with E-state index in [2.05, 4.69) is 9.98 Å². The van der Waals surface area contributed by atoms with Crippen molar-refractivity contribution in [1.29, 1.82) is 0 Å². The van der Waals surface area contributed by atoms with Crippen LogP contribution in [-0.4, -0.2) is 16.3 Å². The van der Waals surface area contributed by atoms with Gasteiger partial charge in [-0.1, -0.05) is 11.6 Å². The number of thiazole rings is 1. The molecular formula is C16H10ClFN2OS. The van der Waals surface area contributed by atoms with Gasteiger partial charge >= 0.3 is 0 Å². The number of aromatic nitrogens is 1. The molecule has 0 unspecified atom stereocenters. The number of hydrogen-bond acceptors (Lipinski definition) is 4. The largest absolute Gasteiger partial charge is 0.507 e. The highest BCUT2D eigenvalue weighted by atomic mass is 35.5. The first-order valence-electron chi connectivity index (χ1n) is 6.36. The Bertz CT molecular complexity index is 830. The molecule has 0 aliphatic carbocycles. The lowest BCUT2D eigenvalue weighted by molar-refractivity contribution is 0.474. The summed E-state index contributed by atoms with van der Waals surface area (Å²) < 4.78 is 12.9. The second kappa shape index (κ2) is 6.25. The smallest absolute Gasteiger partial charge is 0.209 e. The van der Waals surface area contributed by atoms with E-state index in [1.807, 2.05) is 5.38 Å². The SMILES string of the molecule is Oc1ccc(Cl)cc1/C=N/c1nc(-c2ccc(F)cc2)cs1. The Morgan fingerprint density at radius 1 is 1.18 bits per heavy atom. The number of halogens is 2. The maximum Gasteiger partial charge on any atom is 0.209 e. The number of aromatic hydroxyl groups is 1. The van der Waals surface area contributed by atoms with Crippen molar-refractivity contribution in [3.05, 3.63) is 64.2 Å². The summed E-state index contributed by atoms with van der Waals surface area (Å²) in [6.45, 7) is 0. The van der Waals surface area contributed by atoms with Gasteiger partial charge in [0.25, 0.3) is 0 Å². The molecule has 1 N–H and O–H groups in total. The lowest BCUT2D eigenvalue weighted by Gasteiger charge is -1.98. The van der Waals surface area contributed by atoms with E-state index in [0.717, 1.165) is 11.3 Å². The van der Waals surface area contributed by atoms with Gasteiger partial charge in [-0.15, -0.1) is 11.3 Å². The van der Waals surface area contributed by atoms with Crippen LogP contribution in [0.15, 0.2) is 52.8 Å². The lowest BCUT2D eigenvalue weighted by atomic mass is 10.2. The minimum absolute atomic E-state index is 0.100. The van der Waals surface area contributed by atoms with E-state index in [9.17, 15) is 9.50 Å². The first-order valence-corrected chi connectivity index (χ1v) is 7.61. The normalized spacial score (nSPS) is 11.2. The van der Waals surface area contributed by atoms with Crippen molar-refractivity contribution >= 4 is 34.3 Å². The number of benzene rings is 2. The predicted octanol–water partition coefficient (Wildman–Crippen LogP) is 5.06. The molecule has 2 aromatic carbocycles. The van der Waals surface area contributed by atoms with Crippen LogP contribution in [-0.2, 0) is 0 Å². The minimum atomic E-state index is -0.284. The highest BCUT2D eigenvalue weighted by Crippen LogP contribution is 2.27. The quantitative estimate of drug-likeness (QED) is 0.681. The van der Waals surface area contributed by atoms with E-state index < -0.39 is 0 Å². The van der Waals surface area contributed by atoms with Crippen molar-refractivity contribution in [2.24, 2.45) is 4.99 Å². The maximum absolute atomic E-state index is 12.9. The fourth-order valence-corrected chi connectivity index (χ4v) is 2.68. The van der Waals surface area contributed by atoms with Gasteiger partial charge in [0, 0.05) is 27.7 Å². The predicted molar refractivity (Wildman–Crippen MR) is 87.9 cm³/mol. The Labute approximate surface area is 135 Å². The molecule has 1 heterocycles. The Morgan fingerprint density at radius 3 is 2.73 bits per heavy atom. The third-order valence-electron chi connectivity index (χ3n) is 2.94. The Kier molecular flexibility index (Phi) is 4.18. The van der Waals surface area contributed by atoms with E-state index in [1.54, 1.807) is 24.3 Å². The Hall–Kier alpha value is -2.24. The van der Waals surface area contributed by atoms with Crippen LogP contribution in [0.5, 0.6) is 5.75 Å². The molecule has 22 heavy (non-hydrogen) atoms. The number of phenols is 1. The first kappa shape index (κ1) is 14.7. The fraction of sp³-hybridized carbons (Fsp3) is 0. The van der Waals surface area contributed by atoms with Gasteiger partial charge in [-0.05, 0) is 42.5 Å². The molecule has 0 fully saturated rings. The zero-order valence-electron chi connectivity index (χ0n) is 11.2. The van der Waals surface area contributed by atoms with Crippen molar-refractivity contribution < 1.29 is 9.50 Å². The molecule has 3 aromatic rings. The summed E-state index contributed by atoms with van der Waals surface area (Å²) in [4.78, 5) is 8.59. The molecular weight excluding hydrogens is 323 g/mol. The van der Waals surface area contributed by atoms with Crippen LogP contribution >= 0.6 is 22.9 Å². The van der Waals surface area contributed by atoms with Gasteiger partial charge in [0.1, 0.15) is 11.6 Å². The van der Waals surface area contributed by atoms with Crippen molar-refractivity contribution in [3.8, 4) is 17.0 Å². The average Bonchev–Trinajstić information content (AvgIpc) is 2.98. The highest BCUT2D eigenvalue weighted by molar-refractivity contribution is 7.13. The lowest BCUT2D eigenvalue weighted by Crippen LogP contribution is -1.82. The van der Waals surface area contributed by atoms with Crippen molar-refractivity contribution in [2.45, 2.75) is 0 Å². The second-order valence-corrected chi connectivity index (χ2v) is 5.76. The van der Waals surface area contributed by atoms with Gasteiger partial charge in [-0.25, -0.2) is 14.4 Å². The summed E-state index contributed by atoms with van der Waals surface area (Å²) >= 11 is 7.24. The van der Waals surface area contributed by atoms with E-state index >= 15 is 0 Å². The molecule has 0 bridgehead atoms. The molecule has 0 radical (unpaired) electrons. The molecule has 0 aliphatic heterocycles. The van der Waals surface area contributed by atoms with Crippen molar-refractivity contribution in [3.63, 3.8) is 0 Å². The Morgan fingerprint density at radius 2 is 1.95 bits per heavy atom. The third-order valence-corrected chi connectivity index (χ3v) is 3.92. The molecule has 0 aliphatic rings. The van der Waals surface area contributed by atoms with Gasteiger partial charge in [0.05, 0.1) is 5.69 Å². The van der Waals surface area contributed by atoms with Crippen molar-refractivity contribution in [1.82, 2.24) is 4.98 Å². The van der Waals surface area contributed by atoms with Gasteiger partial charge in [0.2, 0.25) is 5.13 Å². The maximum atomic E-state index is 12.9. The first-order chi connectivity index (χ1) is 10.6. The molecule has 0 atom stereocenters. The van der Waals surface area contributed by atoms with Crippen molar-refractivity contribution in [2.75, 3.05) is 0 Å². The molecule has 3 rings (SSSR count). The van der Waals surface area contributed by atoms with Crippen LogP contribution in [0.1, 0.15) is 5.56 Å². The van der Waals surface area contributed by atoms with Gasteiger partial charge in [-0.2, -0.15) is 0 Å². The molecule has 3 nitrogen and oxygen atoms in total. The van der Waals surface area contributed by atoms with E-state index in [1.165, 1.54) is 35.8 Å². The van der Waals surface area contributed by atoms with Crippen LogP contribution in [0.2, 0.25) is 5.02 Å². The van der Waals surface area contributed by atoms with Crippen LogP contribution in [0, 0.1) is 5.82 Å². The molecule has 110 valence electrons. The van der Waals surface area contributed by atoms with Crippen LogP contribution in [0.25, 0.3) is 11.3 Å². The summed E-state index contributed by atoms with van der Waals surface area (Å²) in [7, 11) is 0. The van der Waals surface area contributed by atoms with Gasteiger partial charge < -0.3 is 5.11 Å². The average molecular weight is 333 g/mol. The number of aliphatic imine (C=N–C) groups is 1. The monoisotopic (exact) mass is 332 g/mol. The molecule has 0 saturated carbocycles. The number of phenolic OH excluding ortho intramolecular Hbond substituents is 1. The van der Waals surface area contributed by atoms with Crippen LogP contribution in [0.4, 0.5) is 9.52 Å². The zero-order chi connectivity index (χ0) is 15.5. The number of hydrogen-bond donors (Lipinski definition) is 1. The van der Waals surface area contributed by atoms with Gasteiger partial charge in [-0.3, -0.25) is 0 Å². The molecule has 0 saturated heterocycles. The van der Waals surface area contributed by atoms with Crippen LogP contribution in [0.3, 0.4) is 0 Å². The molecule has 6 heteroatoms. The standard InChI is InChI=1S/C16H10ClFN2OS/c17-12-3-6-15(21)11(7-12)8-19-16-20-14(9-22-16)10-1-4-13(18)5-2-10/h1-9,21H/b19-8+. The van der Waals surface area contributed by atoms with Gasteiger partial charge in [0.15, 0.2) is 0 Å². The summed E-state index contributed by atoms with van der Waals surface area (Å²) in [5, 5.41) is 12.6. The molecule has 0 spiro atoms.